The third-order valence-corrected chi connectivity index (χ3v) is 3.59. The Labute approximate surface area is 123 Å². The fourth-order valence-corrected chi connectivity index (χ4v) is 2.41. The minimum absolute atomic E-state index is 0.271. The van der Waals surface area contributed by atoms with Gasteiger partial charge in [-0.2, -0.15) is 5.26 Å². The molecule has 2 rings (SSSR count). The van der Waals surface area contributed by atoms with Crippen molar-refractivity contribution < 1.29 is 4.39 Å². The monoisotopic (exact) mass is 290 g/mol. The quantitative estimate of drug-likeness (QED) is 0.766. The van der Waals surface area contributed by atoms with Gasteiger partial charge in [0.2, 0.25) is 0 Å². The molecule has 0 N–H and O–H groups in total. The summed E-state index contributed by atoms with van der Waals surface area (Å²) in [5, 5.41) is 9.14. The number of halogens is 1. The molecule has 0 aliphatic carbocycles. The van der Waals surface area contributed by atoms with Gasteiger partial charge >= 0.3 is 0 Å². The average Bonchev–Trinajstić information content (AvgIpc) is 2.83. The smallest absolute Gasteiger partial charge is 0.195 e. The van der Waals surface area contributed by atoms with E-state index in [-0.39, 0.29) is 5.82 Å². The van der Waals surface area contributed by atoms with Crippen LogP contribution in [0.2, 0.25) is 0 Å². The number of unbranched alkanes of at least 4 members (excludes halogenated alkanes) is 2. The first-order chi connectivity index (χ1) is 9.62. The van der Waals surface area contributed by atoms with Gasteiger partial charge < -0.3 is 0 Å². The molecule has 2 aromatic rings. The number of aromatic nitrogens is 1. The van der Waals surface area contributed by atoms with E-state index < -0.39 is 0 Å². The SMILES string of the molecule is CCCCC.Cc1sc(C#N)nc1-c1ccc(F)cc1. The van der Waals surface area contributed by atoms with Gasteiger partial charge in [0.25, 0.3) is 0 Å². The van der Waals surface area contributed by atoms with Gasteiger partial charge in [0, 0.05) is 10.4 Å². The highest BCUT2D eigenvalue weighted by Crippen LogP contribution is 2.27. The summed E-state index contributed by atoms with van der Waals surface area (Å²) in [5.74, 6) is -0.271. The lowest BCUT2D eigenvalue weighted by molar-refractivity contribution is 0.628. The van der Waals surface area contributed by atoms with Crippen molar-refractivity contribution in [3.8, 4) is 17.3 Å². The number of nitriles is 1. The van der Waals surface area contributed by atoms with E-state index in [1.165, 1.54) is 42.7 Å². The number of rotatable bonds is 3. The van der Waals surface area contributed by atoms with Crippen molar-refractivity contribution in [3.05, 3.63) is 40.0 Å². The Morgan fingerprint density at radius 3 is 2.20 bits per heavy atom. The van der Waals surface area contributed by atoms with Crippen LogP contribution in [0.1, 0.15) is 43.0 Å². The van der Waals surface area contributed by atoms with Crippen molar-refractivity contribution in [2.24, 2.45) is 0 Å². The second kappa shape index (κ2) is 8.44. The molecule has 0 unspecified atom stereocenters. The van der Waals surface area contributed by atoms with Crippen molar-refractivity contribution in [1.29, 1.82) is 5.26 Å². The molecule has 0 saturated carbocycles. The molecule has 1 aromatic heterocycles. The molecule has 0 amide bonds. The molecular formula is C16H19FN2S. The number of hydrogen-bond donors (Lipinski definition) is 0. The summed E-state index contributed by atoms with van der Waals surface area (Å²) >= 11 is 1.35. The van der Waals surface area contributed by atoms with E-state index in [0.29, 0.717) is 5.01 Å². The van der Waals surface area contributed by atoms with Gasteiger partial charge in [0.15, 0.2) is 5.01 Å². The van der Waals surface area contributed by atoms with Crippen LogP contribution < -0.4 is 0 Å². The molecule has 0 aliphatic rings. The fourth-order valence-electron chi connectivity index (χ4n) is 1.67. The highest BCUT2D eigenvalue weighted by Gasteiger charge is 2.08. The van der Waals surface area contributed by atoms with Gasteiger partial charge in [0.1, 0.15) is 11.9 Å². The van der Waals surface area contributed by atoms with Crippen molar-refractivity contribution in [2.75, 3.05) is 0 Å². The van der Waals surface area contributed by atoms with E-state index in [9.17, 15) is 4.39 Å². The van der Waals surface area contributed by atoms with Crippen LogP contribution in [0.5, 0.6) is 0 Å². The number of aryl methyl sites for hydroxylation is 1. The van der Waals surface area contributed by atoms with Crippen LogP contribution in [-0.2, 0) is 0 Å². The van der Waals surface area contributed by atoms with Gasteiger partial charge in [-0.05, 0) is 31.2 Å². The van der Waals surface area contributed by atoms with Crippen molar-refractivity contribution >= 4 is 11.3 Å². The first-order valence-corrected chi connectivity index (χ1v) is 7.57. The molecule has 106 valence electrons. The molecule has 4 heteroatoms. The summed E-state index contributed by atoms with van der Waals surface area (Å²) < 4.78 is 12.7. The minimum Gasteiger partial charge on any atom is -0.226 e. The maximum absolute atomic E-state index is 12.7. The molecule has 0 fully saturated rings. The Kier molecular flexibility index (Phi) is 6.89. The molecule has 0 spiro atoms. The van der Waals surface area contributed by atoms with E-state index in [0.717, 1.165) is 16.1 Å². The van der Waals surface area contributed by atoms with Crippen LogP contribution in [0, 0.1) is 24.1 Å². The average molecular weight is 290 g/mol. The van der Waals surface area contributed by atoms with Gasteiger partial charge in [-0.3, -0.25) is 0 Å². The predicted molar refractivity (Wildman–Crippen MR) is 82.2 cm³/mol. The molecule has 2 nitrogen and oxygen atoms in total. The fraction of sp³-hybridized carbons (Fsp3) is 0.375. The predicted octanol–water partition coefficient (Wildman–Crippen LogP) is 5.33. The zero-order chi connectivity index (χ0) is 15.0. The Morgan fingerprint density at radius 1 is 1.20 bits per heavy atom. The Balaban J connectivity index is 0.000000347. The van der Waals surface area contributed by atoms with E-state index in [2.05, 4.69) is 18.8 Å². The van der Waals surface area contributed by atoms with Crippen LogP contribution in [0.15, 0.2) is 24.3 Å². The van der Waals surface area contributed by atoms with Crippen LogP contribution in [0.25, 0.3) is 11.3 Å². The lowest BCUT2D eigenvalue weighted by Crippen LogP contribution is -1.81. The second-order valence-electron chi connectivity index (χ2n) is 4.40. The highest BCUT2D eigenvalue weighted by atomic mass is 32.1. The van der Waals surface area contributed by atoms with Crippen LogP contribution >= 0.6 is 11.3 Å². The molecule has 0 bridgehead atoms. The highest BCUT2D eigenvalue weighted by molar-refractivity contribution is 7.12. The minimum atomic E-state index is -0.271. The molecule has 0 radical (unpaired) electrons. The third kappa shape index (κ3) is 4.75. The summed E-state index contributed by atoms with van der Waals surface area (Å²) in [6, 6.07) is 8.11. The van der Waals surface area contributed by atoms with Gasteiger partial charge in [-0.15, -0.1) is 11.3 Å². The maximum atomic E-state index is 12.7. The second-order valence-corrected chi connectivity index (χ2v) is 5.60. The van der Waals surface area contributed by atoms with E-state index >= 15 is 0 Å². The van der Waals surface area contributed by atoms with E-state index in [4.69, 9.17) is 5.26 Å². The molecule has 0 atom stereocenters. The van der Waals surface area contributed by atoms with Crippen LogP contribution in [-0.4, -0.2) is 4.98 Å². The summed E-state index contributed by atoms with van der Waals surface area (Å²) in [5.41, 5.74) is 1.60. The zero-order valence-electron chi connectivity index (χ0n) is 12.1. The van der Waals surface area contributed by atoms with Crippen molar-refractivity contribution in [2.45, 2.75) is 40.0 Å². The molecule has 0 aliphatic heterocycles. The van der Waals surface area contributed by atoms with E-state index in [1.807, 2.05) is 13.0 Å². The maximum Gasteiger partial charge on any atom is 0.195 e. The normalized spacial score (nSPS) is 9.55. The summed E-state index contributed by atoms with van der Waals surface area (Å²) in [6.45, 7) is 6.32. The third-order valence-electron chi connectivity index (χ3n) is 2.72. The van der Waals surface area contributed by atoms with Crippen molar-refractivity contribution in [1.82, 2.24) is 4.98 Å². The number of nitrogens with zero attached hydrogens (tertiary/aromatic N) is 2. The summed E-state index contributed by atoms with van der Waals surface area (Å²) in [4.78, 5) is 5.13. The zero-order valence-corrected chi connectivity index (χ0v) is 12.9. The first-order valence-electron chi connectivity index (χ1n) is 6.75. The topological polar surface area (TPSA) is 36.7 Å². The number of thiazole rings is 1. The lowest BCUT2D eigenvalue weighted by atomic mass is 10.1. The number of hydrogen-bond acceptors (Lipinski definition) is 3. The van der Waals surface area contributed by atoms with Gasteiger partial charge in [0.05, 0.1) is 5.69 Å². The van der Waals surface area contributed by atoms with E-state index in [1.54, 1.807) is 12.1 Å². The molecular weight excluding hydrogens is 271 g/mol. The molecule has 0 saturated heterocycles. The summed E-state index contributed by atoms with van der Waals surface area (Å²) in [6.07, 6.45) is 4.08. The standard InChI is InChI=1S/C11H7FN2S.C5H12/c1-7-11(14-10(6-13)15-7)8-2-4-9(12)5-3-8;1-3-5-4-2/h2-5H,1H3;3-5H2,1-2H3. The lowest BCUT2D eigenvalue weighted by Gasteiger charge is -1.97. The number of benzene rings is 1. The van der Waals surface area contributed by atoms with Crippen LogP contribution in [0.4, 0.5) is 4.39 Å². The van der Waals surface area contributed by atoms with Gasteiger partial charge in [-0.25, -0.2) is 9.37 Å². The molecule has 1 aromatic carbocycles. The largest absolute Gasteiger partial charge is 0.226 e. The Hall–Kier alpha value is -1.73. The first kappa shape index (κ1) is 16.3. The Morgan fingerprint density at radius 2 is 1.80 bits per heavy atom. The summed E-state index contributed by atoms with van der Waals surface area (Å²) in [7, 11) is 0. The molecule has 1 heterocycles. The van der Waals surface area contributed by atoms with Crippen molar-refractivity contribution in [3.63, 3.8) is 0 Å². The van der Waals surface area contributed by atoms with Crippen LogP contribution in [0.3, 0.4) is 0 Å². The molecule has 20 heavy (non-hydrogen) atoms. The van der Waals surface area contributed by atoms with Gasteiger partial charge in [-0.1, -0.05) is 33.1 Å². The Bertz CT molecular complexity index is 565.